The number of thioether (sulfide) groups is 1. The lowest BCUT2D eigenvalue weighted by Crippen LogP contribution is -2.57. The molecule has 4 aliphatic rings. The highest BCUT2D eigenvalue weighted by atomic mass is 79.9. The van der Waals surface area contributed by atoms with Gasteiger partial charge in [0, 0.05) is 35.8 Å². The number of hydrogen-bond donors (Lipinski definition) is 1. The van der Waals surface area contributed by atoms with E-state index in [9.17, 15) is 14.4 Å². The van der Waals surface area contributed by atoms with E-state index in [4.69, 9.17) is 9.84 Å². The van der Waals surface area contributed by atoms with Gasteiger partial charge in [0.15, 0.2) is 0 Å². The van der Waals surface area contributed by atoms with Gasteiger partial charge in [-0.1, -0.05) is 54.1 Å². The Kier molecular flexibility index (Phi) is 9.48. The van der Waals surface area contributed by atoms with Gasteiger partial charge >= 0.3 is 5.97 Å². The number of hydrogen-bond acceptors (Lipinski definition) is 6. The first-order valence-electron chi connectivity index (χ1n) is 13.7. The molecule has 1 saturated carbocycles. The van der Waals surface area contributed by atoms with Crippen LogP contribution in [-0.4, -0.2) is 85.9 Å². The lowest BCUT2D eigenvalue weighted by Gasteiger charge is -2.41. The van der Waals surface area contributed by atoms with Crippen LogP contribution in [0.3, 0.4) is 0 Å². The van der Waals surface area contributed by atoms with Crippen LogP contribution in [0.15, 0.2) is 12.7 Å². The summed E-state index contributed by atoms with van der Waals surface area (Å²) in [6.45, 7) is 7.14. The molecule has 202 valence electrons. The molecule has 1 spiro atoms. The van der Waals surface area contributed by atoms with E-state index in [1.807, 2.05) is 9.80 Å². The van der Waals surface area contributed by atoms with Gasteiger partial charge in [-0.05, 0) is 39.0 Å². The number of alkyl halides is 1. The minimum Gasteiger partial charge on any atom is -0.466 e. The van der Waals surface area contributed by atoms with E-state index in [-0.39, 0.29) is 47.1 Å². The minimum absolute atomic E-state index is 0.0189. The number of esters is 1. The van der Waals surface area contributed by atoms with Crippen molar-refractivity contribution in [2.45, 2.75) is 98.0 Å². The molecule has 1 N–H and O–H groups in total. The molecule has 9 heteroatoms. The quantitative estimate of drug-likeness (QED) is 0.162. The van der Waals surface area contributed by atoms with E-state index >= 15 is 0 Å². The summed E-state index contributed by atoms with van der Waals surface area (Å²) in [6, 6.07) is -0.408. The van der Waals surface area contributed by atoms with Crippen molar-refractivity contribution in [1.29, 1.82) is 0 Å². The molecule has 0 aromatic carbocycles. The van der Waals surface area contributed by atoms with Gasteiger partial charge in [-0.25, -0.2) is 0 Å². The molecule has 2 bridgehead atoms. The maximum absolute atomic E-state index is 14.5. The Hall–Kier alpha value is -1.06. The molecule has 4 rings (SSSR count). The van der Waals surface area contributed by atoms with Crippen LogP contribution >= 0.6 is 27.7 Å². The smallest absolute Gasteiger partial charge is 0.310 e. The predicted octanol–water partition coefficient (Wildman–Crippen LogP) is 3.91. The molecule has 3 heterocycles. The average Bonchev–Trinajstić information content (AvgIpc) is 3.46. The number of carbonyl (C=O) groups is 3. The first-order chi connectivity index (χ1) is 17.4. The van der Waals surface area contributed by atoms with Crippen LogP contribution in [0.1, 0.15) is 71.1 Å². The number of amides is 2. The first kappa shape index (κ1) is 28.0. The van der Waals surface area contributed by atoms with Gasteiger partial charge in [-0.15, -0.1) is 18.3 Å². The highest BCUT2D eigenvalue weighted by Gasteiger charge is 2.76. The van der Waals surface area contributed by atoms with Crippen molar-refractivity contribution in [1.82, 2.24) is 9.80 Å². The van der Waals surface area contributed by atoms with Crippen molar-refractivity contribution in [2.24, 2.45) is 11.8 Å². The predicted molar refractivity (Wildman–Crippen MR) is 145 cm³/mol. The fourth-order valence-corrected chi connectivity index (χ4v) is 10.6. The fourth-order valence-electron chi connectivity index (χ4n) is 7.01. The Morgan fingerprint density at radius 1 is 1.25 bits per heavy atom. The van der Waals surface area contributed by atoms with Crippen molar-refractivity contribution >= 4 is 45.5 Å². The van der Waals surface area contributed by atoms with Gasteiger partial charge < -0.3 is 19.6 Å². The van der Waals surface area contributed by atoms with E-state index in [1.165, 1.54) is 6.42 Å². The highest BCUT2D eigenvalue weighted by Crippen LogP contribution is 2.68. The van der Waals surface area contributed by atoms with Gasteiger partial charge in [0.05, 0.1) is 23.2 Å². The molecule has 1 aliphatic carbocycles. The summed E-state index contributed by atoms with van der Waals surface area (Å²) >= 11 is 5.48. The summed E-state index contributed by atoms with van der Waals surface area (Å²) < 4.78 is 4.82. The summed E-state index contributed by atoms with van der Waals surface area (Å²) in [7, 11) is 0. The zero-order valence-electron chi connectivity index (χ0n) is 21.4. The molecule has 0 aromatic heterocycles. The van der Waals surface area contributed by atoms with E-state index in [1.54, 1.807) is 24.8 Å². The van der Waals surface area contributed by atoms with Crippen molar-refractivity contribution in [3.05, 3.63) is 12.7 Å². The van der Waals surface area contributed by atoms with Crippen molar-refractivity contribution < 1.29 is 24.2 Å². The van der Waals surface area contributed by atoms with E-state index in [2.05, 4.69) is 22.5 Å². The molecule has 2 amide bonds. The second kappa shape index (κ2) is 12.2. The van der Waals surface area contributed by atoms with E-state index in [0.717, 1.165) is 51.4 Å². The number of halogens is 1. The zero-order valence-corrected chi connectivity index (χ0v) is 23.8. The zero-order chi connectivity index (χ0) is 25.9. The van der Waals surface area contributed by atoms with Crippen LogP contribution in [0.5, 0.6) is 0 Å². The molecule has 36 heavy (non-hydrogen) atoms. The van der Waals surface area contributed by atoms with Crippen LogP contribution in [-0.2, 0) is 19.1 Å². The number of likely N-dealkylation sites (tertiary alicyclic amines) is 1. The molecule has 0 aromatic rings. The second-order valence-corrected chi connectivity index (χ2v) is 13.4. The monoisotopic (exact) mass is 584 g/mol. The minimum atomic E-state index is -0.621. The van der Waals surface area contributed by atoms with Gasteiger partial charge in [0.1, 0.15) is 6.04 Å². The van der Waals surface area contributed by atoms with Crippen LogP contribution < -0.4 is 0 Å². The summed E-state index contributed by atoms with van der Waals surface area (Å²) in [6.07, 6.45) is 11.2. The summed E-state index contributed by atoms with van der Waals surface area (Å²) in [4.78, 5) is 45.5. The number of rotatable bonds is 12. The molecule has 0 radical (unpaired) electrons. The van der Waals surface area contributed by atoms with Gasteiger partial charge in [0.25, 0.3) is 0 Å². The standard InChI is InChI=1S/C27H41BrN2O5S/c1-3-14-29(18-12-8-7-9-13-18)25(33)23-27-17-19(28)22(36-27)20(26(34)35-4-2)21(27)24(32)30(23)15-10-5-6-11-16-31/h3,18-23,31H,1,4-17H2,2H3/t19?,20-,21+,22-,23?,27?/m1/s1. The van der Waals surface area contributed by atoms with Crippen LogP contribution in [0.25, 0.3) is 0 Å². The fraction of sp³-hybridized carbons (Fsp3) is 0.815. The van der Waals surface area contributed by atoms with Gasteiger partial charge in [-0.3, -0.25) is 14.4 Å². The number of carbonyl (C=O) groups excluding carboxylic acids is 3. The molecule has 7 nitrogen and oxygen atoms in total. The number of unbranched alkanes of at least 4 members (excludes halogenated alkanes) is 3. The average molecular weight is 586 g/mol. The third-order valence-corrected chi connectivity index (χ3v) is 11.7. The highest BCUT2D eigenvalue weighted by molar-refractivity contribution is 9.09. The Balaban J connectivity index is 1.67. The Morgan fingerprint density at radius 2 is 1.97 bits per heavy atom. The van der Waals surface area contributed by atoms with E-state index < -0.39 is 22.6 Å². The molecule has 6 atom stereocenters. The van der Waals surface area contributed by atoms with E-state index in [0.29, 0.717) is 19.5 Å². The summed E-state index contributed by atoms with van der Waals surface area (Å²) in [5, 5.41) is 9.06. The van der Waals surface area contributed by atoms with Crippen molar-refractivity contribution in [2.75, 3.05) is 26.3 Å². The third-order valence-electron chi connectivity index (χ3n) is 8.51. The molecular formula is C27H41BrN2O5S. The normalized spacial score (nSPS) is 33.6. The molecule has 3 saturated heterocycles. The Bertz CT molecular complexity index is 837. The molecular weight excluding hydrogens is 544 g/mol. The van der Waals surface area contributed by atoms with Gasteiger partial charge in [0.2, 0.25) is 11.8 Å². The summed E-state index contributed by atoms with van der Waals surface area (Å²) in [5.74, 6) is -1.41. The maximum Gasteiger partial charge on any atom is 0.310 e. The van der Waals surface area contributed by atoms with Gasteiger partial charge in [-0.2, -0.15) is 0 Å². The SMILES string of the molecule is C=CCN(C(=O)C1N(CCCCCCO)C(=O)[C@@H]2[C@@H](C(=O)OCC)[C@@H]3SC12CC3Br)C1CCCCC1. The molecule has 4 fully saturated rings. The van der Waals surface area contributed by atoms with Crippen LogP contribution in [0.4, 0.5) is 0 Å². The Labute approximate surface area is 227 Å². The summed E-state index contributed by atoms with van der Waals surface area (Å²) in [5.41, 5.74) is 0. The third kappa shape index (κ3) is 5.00. The van der Waals surface area contributed by atoms with Crippen molar-refractivity contribution in [3.8, 4) is 0 Å². The lowest BCUT2D eigenvalue weighted by atomic mass is 9.71. The maximum atomic E-state index is 14.5. The number of fused-ring (bicyclic) bond motifs is 1. The second-order valence-electron chi connectivity index (χ2n) is 10.7. The topological polar surface area (TPSA) is 87.2 Å². The van der Waals surface area contributed by atoms with Crippen LogP contribution in [0, 0.1) is 11.8 Å². The molecule has 3 unspecified atom stereocenters. The molecule has 3 aliphatic heterocycles. The Morgan fingerprint density at radius 3 is 2.64 bits per heavy atom. The number of aliphatic hydroxyl groups excluding tert-OH is 1. The van der Waals surface area contributed by atoms with Crippen molar-refractivity contribution in [3.63, 3.8) is 0 Å². The number of nitrogens with zero attached hydrogens (tertiary/aromatic N) is 2. The number of aliphatic hydroxyl groups is 1. The van der Waals surface area contributed by atoms with Crippen LogP contribution in [0.2, 0.25) is 0 Å². The lowest BCUT2D eigenvalue weighted by molar-refractivity contribution is -0.153. The first-order valence-corrected chi connectivity index (χ1v) is 15.5. The largest absolute Gasteiger partial charge is 0.466 e. The number of ether oxygens (including phenoxy) is 1.